The van der Waals surface area contributed by atoms with Crippen molar-refractivity contribution in [2.75, 3.05) is 43.4 Å². The lowest BCUT2D eigenvalue weighted by molar-refractivity contribution is -0.120. The molecule has 2 aliphatic rings. The molecule has 1 saturated heterocycles. The fourth-order valence-corrected chi connectivity index (χ4v) is 5.91. The Morgan fingerprint density at radius 3 is 2.65 bits per heavy atom. The van der Waals surface area contributed by atoms with E-state index in [1.807, 2.05) is 18.2 Å². The predicted molar refractivity (Wildman–Crippen MR) is 157 cm³/mol. The van der Waals surface area contributed by atoms with Crippen molar-refractivity contribution in [3.05, 3.63) is 48.8 Å². The van der Waals surface area contributed by atoms with Crippen LogP contribution in [-0.2, 0) is 4.79 Å². The summed E-state index contributed by atoms with van der Waals surface area (Å²) in [7, 11) is 2.16. The van der Waals surface area contributed by atoms with Crippen LogP contribution in [0.4, 0.5) is 11.4 Å². The Labute approximate surface area is 232 Å². The Morgan fingerprint density at radius 2 is 1.80 bits per heavy atom. The molecule has 5 aromatic rings. The van der Waals surface area contributed by atoms with Crippen LogP contribution in [-0.4, -0.2) is 74.2 Å². The molecule has 0 radical (unpaired) electrons. The number of rotatable bonds is 5. The average Bonchev–Trinajstić information content (AvgIpc) is 3.62. The zero-order valence-corrected chi connectivity index (χ0v) is 22.7. The number of amides is 1. The molecule has 1 aromatic carbocycles. The number of nitrogens with one attached hydrogen (secondary N) is 3. The number of aromatic nitrogens is 6. The molecule has 0 atom stereocenters. The Morgan fingerprint density at radius 1 is 0.950 bits per heavy atom. The fraction of sp³-hybridized carbons (Fsp3) is 0.367. The highest BCUT2D eigenvalue weighted by molar-refractivity contribution is 5.95. The molecule has 40 heavy (non-hydrogen) atoms. The number of hydrogen-bond donors (Lipinski definition) is 3. The van der Waals surface area contributed by atoms with Crippen molar-refractivity contribution in [3.8, 4) is 22.8 Å². The highest BCUT2D eigenvalue weighted by atomic mass is 16.1. The van der Waals surface area contributed by atoms with Crippen LogP contribution in [0.25, 0.3) is 44.8 Å². The van der Waals surface area contributed by atoms with E-state index in [0.29, 0.717) is 17.2 Å². The first kappa shape index (κ1) is 24.7. The highest BCUT2D eigenvalue weighted by Crippen LogP contribution is 2.32. The molecule has 5 heterocycles. The Hall–Kier alpha value is -4.31. The van der Waals surface area contributed by atoms with Gasteiger partial charge in [-0.05, 0) is 50.2 Å². The predicted octanol–water partition coefficient (Wildman–Crippen LogP) is 4.83. The van der Waals surface area contributed by atoms with Crippen molar-refractivity contribution < 1.29 is 4.79 Å². The molecule has 1 amide bonds. The zero-order valence-electron chi connectivity index (χ0n) is 22.7. The van der Waals surface area contributed by atoms with Gasteiger partial charge < -0.3 is 20.1 Å². The summed E-state index contributed by atoms with van der Waals surface area (Å²) in [5, 5.41) is 10.8. The van der Waals surface area contributed by atoms with E-state index in [-0.39, 0.29) is 11.8 Å². The average molecular weight is 536 g/mol. The standard InChI is InChI=1S/C30H33N9O/c1-38-12-14-39(15-13-38)25-9-5-8-23-26(25)35-29(34-23)28-27-24(36-37-28)11-10-22(33-27)20-16-21(18-31-17-20)32-30(40)19-6-3-2-4-7-19/h5,8-11,16-19H,2-4,6-7,12-15H2,1H3,(H,32,40)(H,34,35)(H,36,37). The van der Waals surface area contributed by atoms with Gasteiger partial charge in [-0.25, -0.2) is 9.97 Å². The van der Waals surface area contributed by atoms with Gasteiger partial charge >= 0.3 is 0 Å². The van der Waals surface area contributed by atoms with Crippen molar-refractivity contribution in [3.63, 3.8) is 0 Å². The Bertz CT molecular complexity index is 1680. The summed E-state index contributed by atoms with van der Waals surface area (Å²) in [6, 6.07) is 12.1. The number of pyridine rings is 2. The van der Waals surface area contributed by atoms with Crippen LogP contribution in [0.3, 0.4) is 0 Å². The molecule has 10 nitrogen and oxygen atoms in total. The van der Waals surface area contributed by atoms with Crippen LogP contribution >= 0.6 is 0 Å². The highest BCUT2D eigenvalue weighted by Gasteiger charge is 2.22. The third-order valence-electron chi connectivity index (χ3n) is 8.24. The minimum absolute atomic E-state index is 0.0833. The van der Waals surface area contributed by atoms with E-state index in [2.05, 4.69) is 60.5 Å². The van der Waals surface area contributed by atoms with E-state index >= 15 is 0 Å². The summed E-state index contributed by atoms with van der Waals surface area (Å²) in [5.41, 5.74) is 7.57. The van der Waals surface area contributed by atoms with Crippen LogP contribution in [0, 0.1) is 5.92 Å². The third kappa shape index (κ3) is 4.68. The molecular formula is C30H33N9O. The lowest BCUT2D eigenvalue weighted by atomic mass is 9.88. The molecule has 0 spiro atoms. The summed E-state index contributed by atoms with van der Waals surface area (Å²) < 4.78 is 0. The summed E-state index contributed by atoms with van der Waals surface area (Å²) in [6.45, 7) is 4.01. The number of benzene rings is 1. The fourth-order valence-electron chi connectivity index (χ4n) is 5.91. The first-order valence-electron chi connectivity index (χ1n) is 14.2. The maximum atomic E-state index is 12.8. The van der Waals surface area contributed by atoms with Crippen LogP contribution in [0.1, 0.15) is 32.1 Å². The number of H-pyrrole nitrogens is 2. The summed E-state index contributed by atoms with van der Waals surface area (Å²) >= 11 is 0. The molecule has 7 rings (SSSR count). The van der Waals surface area contributed by atoms with Crippen LogP contribution in [0.15, 0.2) is 48.8 Å². The first-order chi connectivity index (χ1) is 19.6. The largest absolute Gasteiger partial charge is 0.367 e. The van der Waals surface area contributed by atoms with Gasteiger partial charge in [0.1, 0.15) is 11.0 Å². The van der Waals surface area contributed by atoms with E-state index in [0.717, 1.165) is 90.9 Å². The van der Waals surface area contributed by atoms with E-state index in [4.69, 9.17) is 9.97 Å². The number of anilines is 2. The van der Waals surface area contributed by atoms with E-state index in [1.54, 1.807) is 12.4 Å². The van der Waals surface area contributed by atoms with Crippen molar-refractivity contribution >= 4 is 39.3 Å². The van der Waals surface area contributed by atoms with Crippen LogP contribution in [0.2, 0.25) is 0 Å². The molecule has 1 aliphatic carbocycles. The number of hydrogen-bond acceptors (Lipinski definition) is 7. The van der Waals surface area contributed by atoms with Gasteiger partial charge in [-0.3, -0.25) is 14.9 Å². The molecule has 0 unspecified atom stereocenters. The number of piperazine rings is 1. The topological polar surface area (TPSA) is 119 Å². The normalized spacial score (nSPS) is 17.1. The lowest BCUT2D eigenvalue weighted by Crippen LogP contribution is -2.44. The molecule has 3 N–H and O–H groups in total. The van der Waals surface area contributed by atoms with Crippen LogP contribution in [0.5, 0.6) is 0 Å². The lowest BCUT2D eigenvalue weighted by Gasteiger charge is -2.34. The van der Waals surface area contributed by atoms with Gasteiger partial charge in [0.05, 0.1) is 34.3 Å². The van der Waals surface area contributed by atoms with Gasteiger partial charge in [0.25, 0.3) is 0 Å². The number of aromatic amines is 2. The van der Waals surface area contributed by atoms with Gasteiger partial charge in [0, 0.05) is 43.9 Å². The summed E-state index contributed by atoms with van der Waals surface area (Å²) in [6.07, 6.45) is 8.84. The van der Waals surface area contributed by atoms with Gasteiger partial charge in [0.2, 0.25) is 5.91 Å². The second-order valence-electron chi connectivity index (χ2n) is 11.0. The SMILES string of the molecule is CN1CCN(c2cccc3[nH]c(-c4n[nH]c5ccc(-c6cncc(NC(=O)C7CCCCC7)c6)nc45)nc23)CC1. The van der Waals surface area contributed by atoms with Crippen molar-refractivity contribution in [1.82, 2.24) is 35.0 Å². The van der Waals surface area contributed by atoms with E-state index in [9.17, 15) is 4.79 Å². The molecule has 2 fully saturated rings. The number of para-hydroxylation sites is 1. The maximum absolute atomic E-state index is 12.8. The van der Waals surface area contributed by atoms with E-state index in [1.165, 1.54) is 6.42 Å². The maximum Gasteiger partial charge on any atom is 0.227 e. The quantitative estimate of drug-likeness (QED) is 0.295. The van der Waals surface area contributed by atoms with Gasteiger partial charge in [0.15, 0.2) is 11.5 Å². The Kier molecular flexibility index (Phi) is 6.39. The molecule has 1 aliphatic heterocycles. The number of carbonyl (C=O) groups excluding carboxylic acids is 1. The zero-order chi connectivity index (χ0) is 27.1. The monoisotopic (exact) mass is 535 g/mol. The van der Waals surface area contributed by atoms with Crippen LogP contribution < -0.4 is 10.2 Å². The Balaban J connectivity index is 1.19. The molecule has 10 heteroatoms. The number of carbonyl (C=O) groups is 1. The minimum atomic E-state index is 0.0833. The molecule has 204 valence electrons. The first-order valence-corrected chi connectivity index (χ1v) is 14.2. The van der Waals surface area contributed by atoms with Gasteiger partial charge in [-0.2, -0.15) is 5.10 Å². The van der Waals surface area contributed by atoms with E-state index < -0.39 is 0 Å². The second-order valence-corrected chi connectivity index (χ2v) is 11.0. The smallest absolute Gasteiger partial charge is 0.227 e. The van der Waals surface area contributed by atoms with Gasteiger partial charge in [-0.1, -0.05) is 25.3 Å². The third-order valence-corrected chi connectivity index (χ3v) is 8.24. The molecule has 1 saturated carbocycles. The summed E-state index contributed by atoms with van der Waals surface area (Å²) in [4.78, 5) is 35.4. The second kappa shape index (κ2) is 10.3. The van der Waals surface area contributed by atoms with Crippen molar-refractivity contribution in [1.29, 1.82) is 0 Å². The number of imidazole rings is 1. The molecule has 4 aromatic heterocycles. The number of likely N-dealkylation sites (N-methyl/N-ethyl adjacent to an activating group) is 1. The van der Waals surface area contributed by atoms with Crippen molar-refractivity contribution in [2.45, 2.75) is 32.1 Å². The minimum Gasteiger partial charge on any atom is -0.367 e. The molecule has 0 bridgehead atoms. The summed E-state index contributed by atoms with van der Waals surface area (Å²) in [5.74, 6) is 0.847. The van der Waals surface area contributed by atoms with Gasteiger partial charge in [-0.15, -0.1) is 0 Å². The number of fused-ring (bicyclic) bond motifs is 2. The van der Waals surface area contributed by atoms with Crippen molar-refractivity contribution in [2.24, 2.45) is 5.92 Å². The molecular weight excluding hydrogens is 502 g/mol. The number of nitrogens with zero attached hydrogens (tertiary/aromatic N) is 6.